The maximum Gasteiger partial charge on any atom is 0.343 e. The zero-order chi connectivity index (χ0) is 37.3. The highest BCUT2D eigenvalue weighted by Crippen LogP contribution is 2.21. The van der Waals surface area contributed by atoms with Gasteiger partial charge in [-0.3, -0.25) is 0 Å². The Hall–Kier alpha value is -4.71. The van der Waals surface area contributed by atoms with E-state index in [4.69, 9.17) is 37.9 Å². The first-order chi connectivity index (χ1) is 24.6. The summed E-state index contributed by atoms with van der Waals surface area (Å²) in [6, 6.07) is 12.6. The van der Waals surface area contributed by atoms with Crippen LogP contribution in [-0.4, -0.2) is 77.4 Å². The van der Waals surface area contributed by atoms with Gasteiger partial charge in [0.15, 0.2) is 0 Å². The van der Waals surface area contributed by atoms with Crippen molar-refractivity contribution < 1.29 is 52.3 Å². The Balaban J connectivity index is 1.67. The number of esters is 3. The first-order valence-corrected chi connectivity index (χ1v) is 17.0. The molecule has 0 atom stereocenters. The van der Waals surface area contributed by atoms with Crippen molar-refractivity contribution in [2.75, 3.05) is 59.5 Å². The largest absolute Gasteiger partial charge is 0.494 e. The fourth-order valence-electron chi connectivity index (χ4n) is 4.14. The van der Waals surface area contributed by atoms with Crippen LogP contribution >= 0.6 is 0 Å². The van der Waals surface area contributed by atoms with Crippen molar-refractivity contribution in [3.8, 4) is 17.2 Å². The highest BCUT2D eigenvalue weighted by molar-refractivity contribution is 5.93. The van der Waals surface area contributed by atoms with Crippen molar-refractivity contribution in [3.63, 3.8) is 0 Å². The molecule has 0 aliphatic heterocycles. The van der Waals surface area contributed by atoms with E-state index in [-0.39, 0.29) is 36.7 Å². The molecule has 0 aliphatic carbocycles. The lowest BCUT2D eigenvalue weighted by molar-refractivity contribution is -0.139. The van der Waals surface area contributed by atoms with E-state index in [1.54, 1.807) is 49.4 Å². The van der Waals surface area contributed by atoms with E-state index in [9.17, 15) is 14.4 Å². The molecule has 0 spiro atoms. The zero-order valence-corrected chi connectivity index (χ0v) is 30.3. The minimum Gasteiger partial charge on any atom is -0.494 e. The van der Waals surface area contributed by atoms with Crippen LogP contribution in [0.15, 0.2) is 97.3 Å². The second kappa shape index (κ2) is 24.4. The third-order valence-corrected chi connectivity index (χ3v) is 6.88. The van der Waals surface area contributed by atoms with E-state index in [1.807, 2.05) is 6.92 Å². The van der Waals surface area contributed by atoms with Gasteiger partial charge in [-0.05, 0) is 93.8 Å². The predicted molar refractivity (Wildman–Crippen MR) is 194 cm³/mol. The maximum absolute atomic E-state index is 12.7. The van der Waals surface area contributed by atoms with E-state index in [0.717, 1.165) is 25.3 Å². The molecule has 0 saturated carbocycles. The molecule has 2 aromatic carbocycles. The Morgan fingerprint density at radius 2 is 1.33 bits per heavy atom. The number of allylic oxidation sites excluding steroid dienone is 2. The highest BCUT2D eigenvalue weighted by atomic mass is 16.6. The van der Waals surface area contributed by atoms with Gasteiger partial charge in [0.2, 0.25) is 0 Å². The number of hydrogen-bond acceptors (Lipinski definition) is 11. The van der Waals surface area contributed by atoms with Crippen molar-refractivity contribution in [1.29, 1.82) is 0 Å². The molecule has 0 saturated heterocycles. The molecule has 11 nitrogen and oxygen atoms in total. The molecule has 0 radical (unpaired) electrons. The van der Waals surface area contributed by atoms with E-state index in [1.165, 1.54) is 24.3 Å². The predicted octanol–water partition coefficient (Wildman–Crippen LogP) is 7.22. The quantitative estimate of drug-likeness (QED) is 0.0246. The molecule has 2 aromatic rings. The average Bonchev–Trinajstić information content (AvgIpc) is 3.12. The minimum atomic E-state index is -0.560. The van der Waals surface area contributed by atoms with Crippen LogP contribution in [0.3, 0.4) is 0 Å². The summed E-state index contributed by atoms with van der Waals surface area (Å²) in [4.78, 5) is 36.3. The van der Waals surface area contributed by atoms with Crippen LogP contribution in [0.4, 0.5) is 0 Å². The molecule has 0 aliphatic rings. The normalized spacial score (nSPS) is 11.6. The van der Waals surface area contributed by atoms with Crippen LogP contribution in [0.1, 0.15) is 57.3 Å². The summed E-state index contributed by atoms with van der Waals surface area (Å²) in [5.74, 6) is -0.0622. The van der Waals surface area contributed by atoms with Crippen molar-refractivity contribution in [1.82, 2.24) is 0 Å². The Labute approximate surface area is 301 Å². The number of carbonyl (C=O) groups excluding carboxylic acids is 3. The summed E-state index contributed by atoms with van der Waals surface area (Å²) in [5.41, 5.74) is 0.654. The number of benzene rings is 2. The highest BCUT2D eigenvalue weighted by Gasteiger charge is 2.18. The molecular formula is C40H52O11. The van der Waals surface area contributed by atoms with Crippen LogP contribution in [0, 0.1) is 5.41 Å². The zero-order valence-electron chi connectivity index (χ0n) is 30.3. The molecule has 2 rings (SSSR count). The smallest absolute Gasteiger partial charge is 0.343 e. The topological polar surface area (TPSA) is 125 Å². The van der Waals surface area contributed by atoms with Gasteiger partial charge < -0.3 is 37.9 Å². The van der Waals surface area contributed by atoms with Crippen LogP contribution in [0.2, 0.25) is 0 Å². The molecule has 0 N–H and O–H groups in total. The minimum absolute atomic E-state index is 0.00282. The lowest BCUT2D eigenvalue weighted by Crippen LogP contribution is -2.25. The summed E-state index contributed by atoms with van der Waals surface area (Å²) >= 11 is 0. The van der Waals surface area contributed by atoms with Crippen LogP contribution in [0.5, 0.6) is 17.2 Å². The van der Waals surface area contributed by atoms with Gasteiger partial charge in [0.05, 0.1) is 44.2 Å². The molecule has 0 fully saturated rings. The van der Waals surface area contributed by atoms with E-state index in [2.05, 4.69) is 27.0 Å². The van der Waals surface area contributed by atoms with Gasteiger partial charge in [-0.15, -0.1) is 0 Å². The lowest BCUT2D eigenvalue weighted by atomic mass is 9.96. The molecule has 278 valence electrons. The van der Waals surface area contributed by atoms with E-state index >= 15 is 0 Å². The fraction of sp³-hybridized carbons (Fsp3) is 0.425. The Kier molecular flexibility index (Phi) is 20.3. The molecular weight excluding hydrogens is 656 g/mol. The second-order valence-electron chi connectivity index (χ2n) is 11.9. The number of ether oxygens (including phenoxy) is 8. The SMILES string of the molecule is C=CC(=O)OCCOCCOc1ccc(C(=O)Oc2ccc(OC(=O)C(/C=C\C(=C)OCCCCCOCC(C)(C)COCC)=C/C)cc2)cc1. The second-order valence-corrected chi connectivity index (χ2v) is 11.9. The van der Waals surface area contributed by atoms with Gasteiger partial charge in [-0.25, -0.2) is 14.4 Å². The van der Waals surface area contributed by atoms with Crippen molar-refractivity contribution in [3.05, 3.63) is 103 Å². The Morgan fingerprint density at radius 1 is 0.706 bits per heavy atom. The van der Waals surface area contributed by atoms with Gasteiger partial charge >= 0.3 is 17.9 Å². The summed E-state index contributed by atoms with van der Waals surface area (Å²) in [6.07, 6.45) is 8.71. The monoisotopic (exact) mass is 708 g/mol. The van der Waals surface area contributed by atoms with Gasteiger partial charge in [-0.2, -0.15) is 0 Å². The van der Waals surface area contributed by atoms with Gasteiger partial charge in [0.25, 0.3) is 0 Å². The summed E-state index contributed by atoms with van der Waals surface area (Å²) in [7, 11) is 0. The van der Waals surface area contributed by atoms with Crippen LogP contribution in [-0.2, 0) is 33.3 Å². The molecule has 11 heteroatoms. The third kappa shape index (κ3) is 18.7. The Bertz CT molecular complexity index is 1420. The average molecular weight is 709 g/mol. The molecule has 51 heavy (non-hydrogen) atoms. The standard InChI is InChI=1S/C40H52O11/c1-7-32(14-13-31(4)47-24-12-10-11-23-46-30-40(5,6)29-44-9-3)38(42)50-35-19-21-36(22-20-35)51-39(43)33-15-17-34(18-16-33)48-27-25-45-26-28-49-37(41)8-2/h7-8,13-22H,2,4,9-12,23-30H2,1,3,5-6H3/b14-13-,32-7+. The summed E-state index contributed by atoms with van der Waals surface area (Å²) in [5, 5.41) is 0. The lowest BCUT2D eigenvalue weighted by Gasteiger charge is -2.23. The number of carbonyl (C=O) groups is 3. The molecule has 0 amide bonds. The summed E-state index contributed by atoms with van der Waals surface area (Å²) < 4.78 is 43.6. The number of rotatable bonds is 26. The van der Waals surface area contributed by atoms with Crippen LogP contribution in [0.25, 0.3) is 0 Å². The molecule has 0 unspecified atom stereocenters. The first-order valence-electron chi connectivity index (χ1n) is 17.0. The fourth-order valence-corrected chi connectivity index (χ4v) is 4.14. The van der Waals surface area contributed by atoms with Gasteiger partial charge in [-0.1, -0.05) is 33.1 Å². The molecule has 0 aromatic heterocycles. The summed E-state index contributed by atoms with van der Waals surface area (Å²) in [6.45, 7) is 19.4. The molecule has 0 heterocycles. The van der Waals surface area contributed by atoms with Crippen molar-refractivity contribution in [2.24, 2.45) is 5.41 Å². The first kappa shape index (κ1) is 42.5. The van der Waals surface area contributed by atoms with E-state index in [0.29, 0.717) is 62.3 Å². The number of unbranched alkanes of at least 4 members (excludes halogenated alkanes) is 2. The maximum atomic E-state index is 12.7. The molecule has 0 bridgehead atoms. The Morgan fingerprint density at radius 3 is 2.00 bits per heavy atom. The van der Waals surface area contributed by atoms with Gasteiger partial charge in [0, 0.05) is 24.7 Å². The third-order valence-electron chi connectivity index (χ3n) is 6.88. The van der Waals surface area contributed by atoms with E-state index < -0.39 is 17.9 Å². The van der Waals surface area contributed by atoms with Crippen LogP contribution < -0.4 is 14.2 Å². The van der Waals surface area contributed by atoms with Crippen molar-refractivity contribution in [2.45, 2.75) is 47.0 Å². The van der Waals surface area contributed by atoms with Gasteiger partial charge in [0.1, 0.15) is 36.2 Å². The number of hydrogen-bond donors (Lipinski definition) is 0. The van der Waals surface area contributed by atoms with Crippen molar-refractivity contribution >= 4 is 17.9 Å².